The molecule has 0 aliphatic carbocycles. The van der Waals surface area contributed by atoms with Gasteiger partial charge in [0.2, 0.25) is 0 Å². The molecule has 0 aliphatic rings. The molecule has 2 rings (SSSR count). The van der Waals surface area contributed by atoms with Crippen molar-refractivity contribution in [3.05, 3.63) is 63.3 Å². The van der Waals surface area contributed by atoms with E-state index in [1.54, 1.807) is 25.3 Å². The molecule has 0 saturated carbocycles. The standard InChI is InChI=1S/C15H16ClN3O3/c1-10(15(22-2)11-3-5-12(16)6-4-11)18-14-8-7-13(9-17-14)19(20)21/h3-10,15H,1-2H3,(H,17,18). The van der Waals surface area contributed by atoms with Crippen LogP contribution < -0.4 is 5.32 Å². The van der Waals surface area contributed by atoms with Crippen LogP contribution in [-0.4, -0.2) is 23.1 Å². The minimum absolute atomic E-state index is 0.0424. The van der Waals surface area contributed by atoms with Crippen LogP contribution in [0.3, 0.4) is 0 Å². The molecule has 0 saturated heterocycles. The smallest absolute Gasteiger partial charge is 0.287 e. The highest BCUT2D eigenvalue weighted by Gasteiger charge is 2.19. The molecule has 116 valence electrons. The van der Waals surface area contributed by atoms with Crippen LogP contribution in [0.2, 0.25) is 5.02 Å². The fraction of sp³-hybridized carbons (Fsp3) is 0.267. The number of hydrogen-bond acceptors (Lipinski definition) is 5. The van der Waals surface area contributed by atoms with E-state index in [0.717, 1.165) is 5.56 Å². The topological polar surface area (TPSA) is 77.3 Å². The Balaban J connectivity index is 2.10. The third-order valence-electron chi connectivity index (χ3n) is 3.24. The van der Waals surface area contributed by atoms with Crippen molar-refractivity contribution in [3.8, 4) is 0 Å². The lowest BCUT2D eigenvalue weighted by Gasteiger charge is -2.24. The van der Waals surface area contributed by atoms with Gasteiger partial charge in [-0.25, -0.2) is 4.98 Å². The number of nitrogens with one attached hydrogen (secondary N) is 1. The Morgan fingerprint density at radius 2 is 1.95 bits per heavy atom. The van der Waals surface area contributed by atoms with Crippen molar-refractivity contribution in [1.29, 1.82) is 0 Å². The molecule has 0 fully saturated rings. The number of nitrogens with zero attached hydrogens (tertiary/aromatic N) is 2. The molecular formula is C15H16ClN3O3. The first-order valence-corrected chi connectivity index (χ1v) is 7.04. The van der Waals surface area contributed by atoms with E-state index in [4.69, 9.17) is 16.3 Å². The molecule has 1 heterocycles. The Labute approximate surface area is 133 Å². The summed E-state index contributed by atoms with van der Waals surface area (Å²) in [4.78, 5) is 14.2. The number of ether oxygens (including phenoxy) is 1. The molecular weight excluding hydrogens is 306 g/mol. The van der Waals surface area contributed by atoms with Crippen molar-refractivity contribution in [2.24, 2.45) is 0 Å². The van der Waals surface area contributed by atoms with E-state index >= 15 is 0 Å². The summed E-state index contributed by atoms with van der Waals surface area (Å²) in [6.45, 7) is 1.95. The number of anilines is 1. The molecule has 22 heavy (non-hydrogen) atoms. The number of aromatic nitrogens is 1. The zero-order valence-electron chi connectivity index (χ0n) is 12.2. The molecule has 0 amide bonds. The highest BCUT2D eigenvalue weighted by atomic mass is 35.5. The Kier molecular flexibility index (Phi) is 5.30. The monoisotopic (exact) mass is 321 g/mol. The summed E-state index contributed by atoms with van der Waals surface area (Å²) in [6, 6.07) is 10.3. The first-order valence-electron chi connectivity index (χ1n) is 6.66. The van der Waals surface area contributed by atoms with E-state index < -0.39 is 4.92 Å². The Hall–Kier alpha value is -2.18. The molecule has 1 aromatic carbocycles. The van der Waals surface area contributed by atoms with Crippen molar-refractivity contribution >= 4 is 23.1 Å². The Morgan fingerprint density at radius 3 is 2.45 bits per heavy atom. The summed E-state index contributed by atoms with van der Waals surface area (Å²) in [5.41, 5.74) is 0.938. The van der Waals surface area contributed by atoms with Crippen LogP contribution in [0.5, 0.6) is 0 Å². The molecule has 7 heteroatoms. The quantitative estimate of drug-likeness (QED) is 0.646. The molecule has 6 nitrogen and oxygen atoms in total. The maximum absolute atomic E-state index is 10.6. The second-order valence-corrected chi connectivity index (χ2v) is 5.24. The lowest BCUT2D eigenvalue weighted by Crippen LogP contribution is -2.26. The molecule has 1 N–H and O–H groups in total. The molecule has 2 unspecified atom stereocenters. The van der Waals surface area contributed by atoms with Crippen LogP contribution in [0.25, 0.3) is 0 Å². The molecule has 2 atom stereocenters. The van der Waals surface area contributed by atoms with Crippen molar-refractivity contribution < 1.29 is 9.66 Å². The lowest BCUT2D eigenvalue weighted by atomic mass is 10.0. The minimum Gasteiger partial charge on any atom is -0.375 e. The van der Waals surface area contributed by atoms with Crippen molar-refractivity contribution in [2.75, 3.05) is 12.4 Å². The highest BCUT2D eigenvalue weighted by Crippen LogP contribution is 2.24. The number of pyridine rings is 1. The second kappa shape index (κ2) is 7.20. The average molecular weight is 322 g/mol. The van der Waals surface area contributed by atoms with Gasteiger partial charge in [-0.3, -0.25) is 10.1 Å². The number of rotatable bonds is 6. The zero-order chi connectivity index (χ0) is 16.1. The molecule has 0 bridgehead atoms. The molecule has 1 aromatic heterocycles. The number of benzene rings is 1. The predicted octanol–water partition coefficient (Wildman–Crippen LogP) is 3.83. The van der Waals surface area contributed by atoms with Gasteiger partial charge in [-0.1, -0.05) is 23.7 Å². The van der Waals surface area contributed by atoms with E-state index in [-0.39, 0.29) is 17.8 Å². The number of hydrogen-bond donors (Lipinski definition) is 1. The lowest BCUT2D eigenvalue weighted by molar-refractivity contribution is -0.385. The highest BCUT2D eigenvalue weighted by molar-refractivity contribution is 6.30. The summed E-state index contributed by atoms with van der Waals surface area (Å²) in [5, 5.41) is 14.5. The van der Waals surface area contributed by atoms with Gasteiger partial charge in [0, 0.05) is 18.2 Å². The largest absolute Gasteiger partial charge is 0.375 e. The van der Waals surface area contributed by atoms with E-state index in [9.17, 15) is 10.1 Å². The Bertz CT molecular complexity index is 631. The average Bonchev–Trinajstić information content (AvgIpc) is 2.50. The summed E-state index contributed by atoms with van der Waals surface area (Å²) < 4.78 is 5.53. The zero-order valence-corrected chi connectivity index (χ0v) is 12.9. The van der Waals surface area contributed by atoms with Crippen LogP contribution in [0.4, 0.5) is 11.5 Å². The van der Waals surface area contributed by atoms with Gasteiger partial charge in [0.25, 0.3) is 5.69 Å². The summed E-state index contributed by atoms with van der Waals surface area (Å²) in [7, 11) is 1.63. The SMILES string of the molecule is COC(c1ccc(Cl)cc1)C(C)Nc1ccc([N+](=O)[O-])cn1. The number of nitro groups is 1. The van der Waals surface area contributed by atoms with Gasteiger partial charge in [-0.15, -0.1) is 0 Å². The maximum atomic E-state index is 10.6. The normalized spacial score (nSPS) is 13.4. The Morgan fingerprint density at radius 1 is 1.27 bits per heavy atom. The van der Waals surface area contributed by atoms with Crippen LogP contribution in [0.1, 0.15) is 18.6 Å². The molecule has 0 radical (unpaired) electrons. The van der Waals surface area contributed by atoms with Crippen molar-refractivity contribution in [3.63, 3.8) is 0 Å². The summed E-state index contributed by atoms with van der Waals surface area (Å²) in [6.07, 6.45) is 1.02. The van der Waals surface area contributed by atoms with Gasteiger partial charge in [-0.2, -0.15) is 0 Å². The van der Waals surface area contributed by atoms with Gasteiger partial charge in [0.15, 0.2) is 0 Å². The predicted molar refractivity (Wildman–Crippen MR) is 85.2 cm³/mol. The van der Waals surface area contributed by atoms with Crippen LogP contribution >= 0.6 is 11.6 Å². The third kappa shape index (κ3) is 3.93. The molecule has 0 spiro atoms. The van der Waals surface area contributed by atoms with Crippen molar-refractivity contribution in [1.82, 2.24) is 4.98 Å². The second-order valence-electron chi connectivity index (χ2n) is 4.80. The van der Waals surface area contributed by atoms with Crippen LogP contribution in [0, 0.1) is 10.1 Å². The van der Waals surface area contributed by atoms with Crippen LogP contribution in [-0.2, 0) is 4.74 Å². The van der Waals surface area contributed by atoms with Crippen LogP contribution in [0.15, 0.2) is 42.6 Å². The number of halogens is 1. The molecule has 0 aliphatic heterocycles. The van der Waals surface area contributed by atoms with E-state index in [0.29, 0.717) is 10.8 Å². The first kappa shape index (κ1) is 16.2. The van der Waals surface area contributed by atoms with E-state index in [1.807, 2.05) is 19.1 Å². The minimum atomic E-state index is -0.480. The van der Waals surface area contributed by atoms with E-state index in [1.165, 1.54) is 12.3 Å². The van der Waals surface area contributed by atoms with Gasteiger partial charge in [-0.05, 0) is 30.7 Å². The summed E-state index contributed by atoms with van der Waals surface area (Å²) in [5.74, 6) is 0.550. The van der Waals surface area contributed by atoms with Gasteiger partial charge >= 0.3 is 0 Å². The fourth-order valence-electron chi connectivity index (χ4n) is 2.17. The van der Waals surface area contributed by atoms with Gasteiger partial charge in [0.05, 0.1) is 11.0 Å². The van der Waals surface area contributed by atoms with Crippen molar-refractivity contribution in [2.45, 2.75) is 19.1 Å². The van der Waals surface area contributed by atoms with Gasteiger partial charge < -0.3 is 10.1 Å². The third-order valence-corrected chi connectivity index (χ3v) is 3.49. The fourth-order valence-corrected chi connectivity index (χ4v) is 2.30. The first-order chi connectivity index (χ1) is 10.5. The van der Waals surface area contributed by atoms with Gasteiger partial charge in [0.1, 0.15) is 18.1 Å². The summed E-state index contributed by atoms with van der Waals surface area (Å²) >= 11 is 5.89. The molecule has 2 aromatic rings. The maximum Gasteiger partial charge on any atom is 0.287 e. The van der Waals surface area contributed by atoms with E-state index in [2.05, 4.69) is 10.3 Å². The number of methoxy groups -OCH3 is 1.